The van der Waals surface area contributed by atoms with Gasteiger partial charge < -0.3 is 15.6 Å². The van der Waals surface area contributed by atoms with Gasteiger partial charge >= 0.3 is 0 Å². The van der Waals surface area contributed by atoms with Crippen molar-refractivity contribution in [2.75, 3.05) is 7.11 Å². The summed E-state index contributed by atoms with van der Waals surface area (Å²) in [5.74, 6) is 0.881. The van der Waals surface area contributed by atoms with Gasteiger partial charge in [-0.05, 0) is 36.5 Å². The molecule has 0 aliphatic heterocycles. The van der Waals surface area contributed by atoms with E-state index >= 15 is 0 Å². The van der Waals surface area contributed by atoms with E-state index in [0.717, 1.165) is 5.56 Å². The standard InChI is InChI=1S/C14H20ClNO2/c1-18-12-8-10(7-11(15)14(12)17)13(16)9-5-3-2-4-6-9/h7-9,13,17H,2-6,16H2,1H3/t13-/m0/s1. The summed E-state index contributed by atoms with van der Waals surface area (Å²) < 4.78 is 5.11. The maximum absolute atomic E-state index is 9.72. The monoisotopic (exact) mass is 269 g/mol. The van der Waals surface area contributed by atoms with E-state index in [1.807, 2.05) is 0 Å². The van der Waals surface area contributed by atoms with Crippen molar-refractivity contribution in [3.05, 3.63) is 22.7 Å². The number of hydrogen-bond acceptors (Lipinski definition) is 3. The molecule has 4 heteroatoms. The fraction of sp³-hybridized carbons (Fsp3) is 0.571. The van der Waals surface area contributed by atoms with Crippen molar-refractivity contribution >= 4 is 11.6 Å². The Bertz CT molecular complexity index is 417. The number of methoxy groups -OCH3 is 1. The molecule has 1 aliphatic rings. The zero-order valence-corrected chi connectivity index (χ0v) is 11.4. The molecule has 1 fully saturated rings. The molecule has 100 valence electrons. The average molecular weight is 270 g/mol. The summed E-state index contributed by atoms with van der Waals surface area (Å²) in [6, 6.07) is 3.51. The third-order valence-electron chi connectivity index (χ3n) is 3.81. The van der Waals surface area contributed by atoms with Crippen LogP contribution in [0.4, 0.5) is 0 Å². The molecule has 1 aromatic rings. The maximum Gasteiger partial charge on any atom is 0.176 e. The van der Waals surface area contributed by atoms with Crippen molar-refractivity contribution in [2.24, 2.45) is 11.7 Å². The quantitative estimate of drug-likeness (QED) is 0.881. The maximum atomic E-state index is 9.72. The first-order valence-electron chi connectivity index (χ1n) is 6.45. The topological polar surface area (TPSA) is 55.5 Å². The average Bonchev–Trinajstić information content (AvgIpc) is 2.42. The number of aromatic hydroxyl groups is 1. The Morgan fingerprint density at radius 2 is 2.00 bits per heavy atom. The van der Waals surface area contributed by atoms with Gasteiger partial charge in [-0.25, -0.2) is 0 Å². The highest BCUT2D eigenvalue weighted by Gasteiger charge is 2.23. The summed E-state index contributed by atoms with van der Waals surface area (Å²) in [7, 11) is 1.52. The van der Waals surface area contributed by atoms with Crippen LogP contribution in [0.2, 0.25) is 5.02 Å². The minimum atomic E-state index is -0.0303. The lowest BCUT2D eigenvalue weighted by atomic mass is 9.81. The van der Waals surface area contributed by atoms with Gasteiger partial charge in [-0.1, -0.05) is 30.9 Å². The van der Waals surface area contributed by atoms with Crippen molar-refractivity contribution in [1.29, 1.82) is 0 Å². The molecule has 1 aromatic carbocycles. The summed E-state index contributed by atoms with van der Waals surface area (Å²) in [6.07, 6.45) is 6.15. The fourth-order valence-corrected chi connectivity index (χ4v) is 2.93. The van der Waals surface area contributed by atoms with Crippen LogP contribution in [0.3, 0.4) is 0 Å². The Morgan fingerprint density at radius 3 is 2.61 bits per heavy atom. The predicted octanol–water partition coefficient (Wildman–Crippen LogP) is 3.63. The second-order valence-corrected chi connectivity index (χ2v) is 5.38. The Balaban J connectivity index is 2.23. The molecule has 0 unspecified atom stereocenters. The Morgan fingerprint density at radius 1 is 1.33 bits per heavy atom. The number of halogens is 1. The van der Waals surface area contributed by atoms with Gasteiger partial charge in [-0.15, -0.1) is 0 Å². The zero-order valence-electron chi connectivity index (χ0n) is 10.7. The Hall–Kier alpha value is -0.930. The smallest absolute Gasteiger partial charge is 0.176 e. The molecule has 0 heterocycles. The molecule has 18 heavy (non-hydrogen) atoms. The lowest BCUT2D eigenvalue weighted by molar-refractivity contribution is 0.307. The number of phenolic OH excluding ortho intramolecular Hbond substituents is 1. The van der Waals surface area contributed by atoms with Crippen LogP contribution in [-0.4, -0.2) is 12.2 Å². The molecule has 0 aromatic heterocycles. The summed E-state index contributed by atoms with van der Waals surface area (Å²) in [6.45, 7) is 0. The molecule has 3 nitrogen and oxygen atoms in total. The van der Waals surface area contributed by atoms with Crippen molar-refractivity contribution in [3.63, 3.8) is 0 Å². The van der Waals surface area contributed by atoms with Gasteiger partial charge in [0.2, 0.25) is 0 Å². The van der Waals surface area contributed by atoms with Gasteiger partial charge in [-0.2, -0.15) is 0 Å². The van der Waals surface area contributed by atoms with E-state index in [9.17, 15) is 5.11 Å². The summed E-state index contributed by atoms with van der Waals surface area (Å²) in [5.41, 5.74) is 7.26. The van der Waals surface area contributed by atoms with Crippen molar-refractivity contribution in [2.45, 2.75) is 38.1 Å². The van der Waals surface area contributed by atoms with E-state index in [2.05, 4.69) is 0 Å². The van der Waals surface area contributed by atoms with Gasteiger partial charge in [0.05, 0.1) is 12.1 Å². The molecule has 0 spiro atoms. The van der Waals surface area contributed by atoms with Crippen LogP contribution in [0, 0.1) is 5.92 Å². The molecular weight excluding hydrogens is 250 g/mol. The highest BCUT2D eigenvalue weighted by molar-refractivity contribution is 6.32. The van der Waals surface area contributed by atoms with Gasteiger partial charge in [0, 0.05) is 6.04 Å². The van der Waals surface area contributed by atoms with Crippen molar-refractivity contribution in [1.82, 2.24) is 0 Å². The molecule has 0 bridgehead atoms. The summed E-state index contributed by atoms with van der Waals surface area (Å²) >= 11 is 6.00. The zero-order chi connectivity index (χ0) is 13.1. The van der Waals surface area contributed by atoms with Crippen LogP contribution in [0.5, 0.6) is 11.5 Å². The van der Waals surface area contributed by atoms with Gasteiger partial charge in [0.25, 0.3) is 0 Å². The minimum Gasteiger partial charge on any atom is -0.503 e. The van der Waals surface area contributed by atoms with E-state index < -0.39 is 0 Å². The Labute approximate surface area is 113 Å². The largest absolute Gasteiger partial charge is 0.503 e. The summed E-state index contributed by atoms with van der Waals surface area (Å²) in [5, 5.41) is 10.0. The first-order valence-corrected chi connectivity index (χ1v) is 6.83. The molecule has 0 radical (unpaired) electrons. The molecule has 0 amide bonds. The lowest BCUT2D eigenvalue weighted by Gasteiger charge is -2.28. The highest BCUT2D eigenvalue weighted by Crippen LogP contribution is 2.39. The molecule has 2 rings (SSSR count). The van der Waals surface area contributed by atoms with Crippen molar-refractivity contribution in [3.8, 4) is 11.5 Å². The number of hydrogen-bond donors (Lipinski definition) is 2. The van der Waals surface area contributed by atoms with Gasteiger partial charge in [0.15, 0.2) is 11.5 Å². The van der Waals surface area contributed by atoms with Gasteiger partial charge in [-0.3, -0.25) is 0 Å². The van der Waals surface area contributed by atoms with Crippen LogP contribution in [-0.2, 0) is 0 Å². The fourth-order valence-electron chi connectivity index (χ4n) is 2.71. The first-order chi connectivity index (χ1) is 8.63. The number of benzene rings is 1. The Kier molecular flexibility index (Phi) is 4.36. The number of nitrogens with two attached hydrogens (primary N) is 1. The second-order valence-electron chi connectivity index (χ2n) is 4.98. The number of ether oxygens (including phenoxy) is 1. The second kappa shape index (κ2) is 5.81. The van der Waals surface area contributed by atoms with E-state index in [4.69, 9.17) is 22.1 Å². The highest BCUT2D eigenvalue weighted by atomic mass is 35.5. The minimum absolute atomic E-state index is 0.0150. The molecular formula is C14H20ClNO2. The van der Waals surface area contributed by atoms with Gasteiger partial charge in [0.1, 0.15) is 0 Å². The van der Waals surface area contributed by atoms with E-state index in [1.54, 1.807) is 12.1 Å². The van der Waals surface area contributed by atoms with E-state index in [-0.39, 0.29) is 11.8 Å². The predicted molar refractivity (Wildman–Crippen MR) is 73.2 cm³/mol. The lowest BCUT2D eigenvalue weighted by Crippen LogP contribution is -2.23. The van der Waals surface area contributed by atoms with Crippen LogP contribution >= 0.6 is 11.6 Å². The SMILES string of the molecule is COc1cc([C@@H](N)C2CCCCC2)cc(Cl)c1O. The third kappa shape index (κ3) is 2.73. The molecule has 1 aliphatic carbocycles. The third-order valence-corrected chi connectivity index (χ3v) is 4.10. The number of rotatable bonds is 3. The number of phenols is 1. The molecule has 0 saturated heterocycles. The van der Waals surface area contributed by atoms with Crippen LogP contribution < -0.4 is 10.5 Å². The van der Waals surface area contributed by atoms with Crippen LogP contribution in [0.1, 0.15) is 43.7 Å². The molecule has 1 saturated carbocycles. The normalized spacial score (nSPS) is 18.6. The van der Waals surface area contributed by atoms with Crippen molar-refractivity contribution < 1.29 is 9.84 Å². The van der Waals surface area contributed by atoms with Crippen LogP contribution in [0.25, 0.3) is 0 Å². The molecule has 3 N–H and O–H groups in total. The van der Waals surface area contributed by atoms with E-state index in [1.165, 1.54) is 39.2 Å². The molecule has 1 atom stereocenters. The van der Waals surface area contributed by atoms with Crippen LogP contribution in [0.15, 0.2) is 12.1 Å². The van der Waals surface area contributed by atoms with E-state index in [0.29, 0.717) is 16.7 Å². The first kappa shape index (κ1) is 13.5. The summed E-state index contributed by atoms with van der Waals surface area (Å²) in [4.78, 5) is 0.